The Labute approximate surface area is 97.5 Å². The Bertz CT molecular complexity index is 441. The van der Waals surface area contributed by atoms with Gasteiger partial charge < -0.3 is 10.5 Å². The van der Waals surface area contributed by atoms with E-state index in [4.69, 9.17) is 5.73 Å². The van der Waals surface area contributed by atoms with Gasteiger partial charge in [0, 0.05) is 11.9 Å². The molecule has 0 saturated heterocycles. The first-order chi connectivity index (χ1) is 7.47. The molecular formula is C8H12N2O4S2. The highest BCUT2D eigenvalue weighted by molar-refractivity contribution is 7.89. The van der Waals surface area contributed by atoms with Gasteiger partial charge in [0.25, 0.3) is 0 Å². The third-order valence-electron chi connectivity index (χ3n) is 1.80. The quantitative estimate of drug-likeness (QED) is 0.700. The highest BCUT2D eigenvalue weighted by atomic mass is 32.2. The first-order valence-electron chi connectivity index (χ1n) is 4.32. The molecule has 0 spiro atoms. The number of nitrogens with two attached hydrogens (primary N) is 1. The standard InChI is InChI=1S/C8H12N2O4S2/c1-14-8(11)7(9)4-10-16(12,13)6-2-3-15-5-6/h2-3,5,7,10H,4,9H2,1H3. The van der Waals surface area contributed by atoms with Crippen molar-refractivity contribution in [3.63, 3.8) is 0 Å². The van der Waals surface area contributed by atoms with Crippen LogP contribution in [0.5, 0.6) is 0 Å². The third kappa shape index (κ3) is 3.27. The highest BCUT2D eigenvalue weighted by Crippen LogP contribution is 2.12. The summed E-state index contributed by atoms with van der Waals surface area (Å²) in [7, 11) is -2.39. The van der Waals surface area contributed by atoms with E-state index in [1.807, 2.05) is 0 Å². The van der Waals surface area contributed by atoms with Crippen molar-refractivity contribution >= 4 is 27.3 Å². The number of hydrogen-bond acceptors (Lipinski definition) is 6. The van der Waals surface area contributed by atoms with E-state index in [2.05, 4.69) is 9.46 Å². The molecule has 0 aliphatic rings. The number of hydrogen-bond donors (Lipinski definition) is 2. The molecule has 1 aromatic heterocycles. The molecule has 6 nitrogen and oxygen atoms in total. The van der Waals surface area contributed by atoms with Crippen LogP contribution in [0.25, 0.3) is 0 Å². The van der Waals surface area contributed by atoms with E-state index in [1.54, 1.807) is 5.38 Å². The molecule has 1 aromatic rings. The van der Waals surface area contributed by atoms with Crippen LogP contribution in [0, 0.1) is 0 Å². The second-order valence-electron chi connectivity index (χ2n) is 2.94. The van der Waals surface area contributed by atoms with Crippen LogP contribution in [0.4, 0.5) is 0 Å². The van der Waals surface area contributed by atoms with Crippen LogP contribution < -0.4 is 10.5 Å². The normalized spacial score (nSPS) is 13.4. The fourth-order valence-corrected chi connectivity index (χ4v) is 3.01. The zero-order valence-corrected chi connectivity index (χ0v) is 10.2. The SMILES string of the molecule is COC(=O)C(N)CNS(=O)(=O)c1ccsc1. The van der Waals surface area contributed by atoms with Crippen molar-refractivity contribution < 1.29 is 17.9 Å². The van der Waals surface area contributed by atoms with Gasteiger partial charge >= 0.3 is 5.97 Å². The Morgan fingerprint density at radius 2 is 2.38 bits per heavy atom. The van der Waals surface area contributed by atoms with Crippen molar-refractivity contribution in [3.05, 3.63) is 16.8 Å². The summed E-state index contributed by atoms with van der Waals surface area (Å²) >= 11 is 1.27. The lowest BCUT2D eigenvalue weighted by Crippen LogP contribution is -2.42. The monoisotopic (exact) mass is 264 g/mol. The van der Waals surface area contributed by atoms with Gasteiger partial charge in [0.15, 0.2) is 0 Å². The minimum Gasteiger partial charge on any atom is -0.468 e. The van der Waals surface area contributed by atoms with Crippen molar-refractivity contribution in [1.29, 1.82) is 0 Å². The minimum absolute atomic E-state index is 0.162. The lowest BCUT2D eigenvalue weighted by Gasteiger charge is -2.10. The van der Waals surface area contributed by atoms with E-state index in [0.717, 1.165) is 0 Å². The van der Waals surface area contributed by atoms with Gasteiger partial charge in [-0.15, -0.1) is 0 Å². The number of nitrogens with one attached hydrogen (secondary N) is 1. The molecule has 0 amide bonds. The summed E-state index contributed by atoms with van der Waals surface area (Å²) in [6.45, 7) is -0.190. The minimum atomic E-state index is -3.58. The molecule has 90 valence electrons. The van der Waals surface area contributed by atoms with E-state index >= 15 is 0 Å². The molecule has 0 radical (unpaired) electrons. The van der Waals surface area contributed by atoms with Gasteiger partial charge in [-0.25, -0.2) is 13.1 Å². The lowest BCUT2D eigenvalue weighted by atomic mass is 10.3. The maximum absolute atomic E-state index is 11.6. The Morgan fingerprint density at radius 1 is 1.69 bits per heavy atom. The molecule has 1 unspecified atom stereocenters. The summed E-state index contributed by atoms with van der Waals surface area (Å²) in [6, 6.07) is 0.467. The van der Waals surface area contributed by atoms with E-state index in [1.165, 1.54) is 29.9 Å². The molecule has 3 N–H and O–H groups in total. The Kier molecular flexibility index (Phi) is 4.42. The summed E-state index contributed by atoms with van der Waals surface area (Å²) in [4.78, 5) is 11.1. The molecule has 1 rings (SSSR count). The van der Waals surface area contributed by atoms with Crippen LogP contribution in [0.2, 0.25) is 0 Å². The second kappa shape index (κ2) is 5.39. The summed E-state index contributed by atoms with van der Waals surface area (Å²) in [5.41, 5.74) is 5.39. The number of carbonyl (C=O) groups excluding carboxylic acids is 1. The highest BCUT2D eigenvalue weighted by Gasteiger charge is 2.19. The number of methoxy groups -OCH3 is 1. The van der Waals surface area contributed by atoms with Crippen LogP contribution in [-0.4, -0.2) is 34.1 Å². The molecule has 0 aliphatic heterocycles. The van der Waals surface area contributed by atoms with Gasteiger partial charge in [0.1, 0.15) is 6.04 Å². The number of esters is 1. The first-order valence-corrected chi connectivity index (χ1v) is 6.75. The summed E-state index contributed by atoms with van der Waals surface area (Å²) in [5, 5.41) is 3.14. The van der Waals surface area contributed by atoms with Crippen LogP contribution in [0.1, 0.15) is 0 Å². The van der Waals surface area contributed by atoms with E-state index in [0.29, 0.717) is 0 Å². The van der Waals surface area contributed by atoms with Crippen LogP contribution in [-0.2, 0) is 19.6 Å². The molecular weight excluding hydrogens is 252 g/mol. The van der Waals surface area contributed by atoms with E-state index in [-0.39, 0.29) is 11.4 Å². The molecule has 16 heavy (non-hydrogen) atoms. The third-order valence-corrected chi connectivity index (χ3v) is 4.06. The topological polar surface area (TPSA) is 98.5 Å². The van der Waals surface area contributed by atoms with Crippen molar-refractivity contribution in [2.24, 2.45) is 5.73 Å². The zero-order valence-electron chi connectivity index (χ0n) is 8.54. The number of thiophene rings is 1. The van der Waals surface area contributed by atoms with Crippen molar-refractivity contribution in [1.82, 2.24) is 4.72 Å². The Hall–Kier alpha value is -0.960. The van der Waals surface area contributed by atoms with Gasteiger partial charge in [-0.05, 0) is 11.4 Å². The maximum Gasteiger partial charge on any atom is 0.324 e. The van der Waals surface area contributed by atoms with Crippen LogP contribution >= 0.6 is 11.3 Å². The molecule has 0 saturated carbocycles. The molecule has 1 atom stereocenters. The van der Waals surface area contributed by atoms with Gasteiger partial charge in [-0.1, -0.05) is 0 Å². The zero-order chi connectivity index (χ0) is 12.2. The smallest absolute Gasteiger partial charge is 0.324 e. The number of sulfonamides is 1. The first kappa shape index (κ1) is 13.1. The fourth-order valence-electron chi connectivity index (χ4n) is 0.922. The molecule has 8 heteroatoms. The van der Waals surface area contributed by atoms with Crippen LogP contribution in [0.3, 0.4) is 0 Å². The average molecular weight is 264 g/mol. The summed E-state index contributed by atoms with van der Waals surface area (Å²) in [6.07, 6.45) is 0. The molecule has 1 heterocycles. The lowest BCUT2D eigenvalue weighted by molar-refractivity contribution is -0.141. The van der Waals surface area contributed by atoms with Gasteiger partial charge in [0.05, 0.1) is 12.0 Å². The van der Waals surface area contributed by atoms with Crippen LogP contribution in [0.15, 0.2) is 21.7 Å². The Morgan fingerprint density at radius 3 is 2.88 bits per heavy atom. The maximum atomic E-state index is 11.6. The largest absolute Gasteiger partial charge is 0.468 e. The Balaban J connectivity index is 2.59. The second-order valence-corrected chi connectivity index (χ2v) is 5.49. The number of ether oxygens (including phenoxy) is 1. The van der Waals surface area contributed by atoms with Gasteiger partial charge in [0.2, 0.25) is 10.0 Å². The fraction of sp³-hybridized carbons (Fsp3) is 0.375. The van der Waals surface area contributed by atoms with Gasteiger partial charge in [-0.2, -0.15) is 11.3 Å². The molecule has 0 aromatic carbocycles. The van der Waals surface area contributed by atoms with Gasteiger partial charge in [-0.3, -0.25) is 4.79 Å². The molecule has 0 bridgehead atoms. The summed E-state index contributed by atoms with van der Waals surface area (Å²) < 4.78 is 29.8. The van der Waals surface area contributed by atoms with Crippen molar-refractivity contribution in [3.8, 4) is 0 Å². The molecule has 0 aliphatic carbocycles. The van der Waals surface area contributed by atoms with E-state index in [9.17, 15) is 13.2 Å². The molecule has 0 fully saturated rings. The number of carbonyl (C=O) groups is 1. The number of rotatable bonds is 5. The predicted molar refractivity (Wildman–Crippen MR) is 59.5 cm³/mol. The summed E-state index contributed by atoms with van der Waals surface area (Å²) in [5.74, 6) is -0.659. The average Bonchev–Trinajstić information content (AvgIpc) is 2.78. The predicted octanol–water partition coefficient (Wildman–Crippen LogP) is -0.473. The van der Waals surface area contributed by atoms with E-state index < -0.39 is 22.0 Å². The van der Waals surface area contributed by atoms with Crippen molar-refractivity contribution in [2.45, 2.75) is 10.9 Å². The van der Waals surface area contributed by atoms with Crippen molar-refractivity contribution in [2.75, 3.05) is 13.7 Å².